The molecule has 0 unspecified atom stereocenters. The van der Waals surface area contributed by atoms with Crippen LogP contribution in [0, 0.1) is 3.57 Å². The summed E-state index contributed by atoms with van der Waals surface area (Å²) in [5.74, 6) is -1.23. The van der Waals surface area contributed by atoms with Crippen LogP contribution in [0.25, 0.3) is 0 Å². The number of ether oxygens (including phenoxy) is 2. The van der Waals surface area contributed by atoms with Crippen LogP contribution in [0.3, 0.4) is 0 Å². The number of hydrogen-bond donors (Lipinski definition) is 3. The fourth-order valence-electron chi connectivity index (χ4n) is 2.24. The van der Waals surface area contributed by atoms with E-state index in [1.807, 2.05) is 29.5 Å². The number of carbonyl (C=O) groups excluding carboxylic acids is 2. The topological polar surface area (TPSA) is 109 Å². The Hall–Kier alpha value is -1.88. The molecule has 1 fully saturated rings. The number of phenols is 1. The Labute approximate surface area is 159 Å². The molecule has 2 rings (SSSR count). The normalized spacial score (nSPS) is 16.8. The van der Waals surface area contributed by atoms with E-state index in [0.29, 0.717) is 34.6 Å². The number of nitrogens with zero attached hydrogens (tertiary/aromatic N) is 1. The first-order valence-electron chi connectivity index (χ1n) is 7.89. The minimum atomic E-state index is -0.854. The fraction of sp³-hybridized carbons (Fsp3) is 0.438. The van der Waals surface area contributed by atoms with Gasteiger partial charge in [0, 0.05) is 13.2 Å². The third-order valence-corrected chi connectivity index (χ3v) is 4.27. The Bertz CT molecular complexity index is 659. The molecule has 136 valence electrons. The first kappa shape index (κ1) is 19.4. The van der Waals surface area contributed by atoms with Crippen molar-refractivity contribution in [1.29, 1.82) is 0 Å². The summed E-state index contributed by atoms with van der Waals surface area (Å²) >= 11 is 1.97. The van der Waals surface area contributed by atoms with Crippen LogP contribution >= 0.6 is 22.6 Å². The van der Waals surface area contributed by atoms with Crippen LogP contribution in [0.5, 0.6) is 11.5 Å². The molecule has 1 heterocycles. The number of benzene rings is 1. The molecule has 0 spiro atoms. The van der Waals surface area contributed by atoms with Crippen molar-refractivity contribution in [1.82, 2.24) is 10.7 Å². The van der Waals surface area contributed by atoms with Gasteiger partial charge in [-0.3, -0.25) is 9.59 Å². The highest BCUT2D eigenvalue weighted by molar-refractivity contribution is 14.1. The first-order chi connectivity index (χ1) is 12.0. The maximum atomic E-state index is 11.7. The molecular formula is C16H20IN3O5. The molecule has 0 radical (unpaired) electrons. The van der Waals surface area contributed by atoms with Gasteiger partial charge in [-0.25, -0.2) is 5.43 Å². The molecular weight excluding hydrogens is 441 g/mol. The van der Waals surface area contributed by atoms with E-state index in [2.05, 4.69) is 15.8 Å². The van der Waals surface area contributed by atoms with E-state index in [-0.39, 0.29) is 11.9 Å². The molecule has 3 N–H and O–H groups in total. The largest absolute Gasteiger partial charge is 0.504 e. The van der Waals surface area contributed by atoms with Gasteiger partial charge in [-0.1, -0.05) is 0 Å². The van der Waals surface area contributed by atoms with Crippen molar-refractivity contribution in [3.05, 3.63) is 21.3 Å². The summed E-state index contributed by atoms with van der Waals surface area (Å²) in [5.41, 5.74) is 2.78. The number of aromatic hydroxyl groups is 1. The Kier molecular flexibility index (Phi) is 7.44. The second kappa shape index (κ2) is 9.56. The quantitative estimate of drug-likeness (QED) is 0.255. The Morgan fingerprint density at radius 3 is 2.96 bits per heavy atom. The molecule has 8 nitrogen and oxygen atoms in total. The van der Waals surface area contributed by atoms with Gasteiger partial charge in [0.05, 0.1) is 22.5 Å². The molecule has 1 atom stereocenters. The lowest BCUT2D eigenvalue weighted by atomic mass is 10.2. The predicted molar refractivity (Wildman–Crippen MR) is 99.7 cm³/mol. The number of phenolic OH excluding ortho intramolecular Hbond substituents is 1. The van der Waals surface area contributed by atoms with Crippen LogP contribution in [0.2, 0.25) is 0 Å². The summed E-state index contributed by atoms with van der Waals surface area (Å²) in [6, 6.07) is 3.26. The molecule has 0 saturated carbocycles. The smallest absolute Gasteiger partial charge is 0.329 e. The SMILES string of the molecule is CCOc1cc(/C=N\NC(=O)C(=O)NC[C@H]2CCCO2)cc(I)c1O. The Morgan fingerprint density at radius 1 is 1.48 bits per heavy atom. The van der Waals surface area contributed by atoms with Gasteiger partial charge >= 0.3 is 11.8 Å². The highest BCUT2D eigenvalue weighted by Crippen LogP contribution is 2.32. The lowest BCUT2D eigenvalue weighted by molar-refractivity contribution is -0.139. The number of rotatable bonds is 6. The van der Waals surface area contributed by atoms with E-state index in [1.165, 1.54) is 6.21 Å². The van der Waals surface area contributed by atoms with Gasteiger partial charge in [-0.2, -0.15) is 5.10 Å². The van der Waals surface area contributed by atoms with Crippen LogP contribution in [-0.2, 0) is 14.3 Å². The fourth-order valence-corrected chi connectivity index (χ4v) is 2.87. The van der Waals surface area contributed by atoms with Crippen molar-refractivity contribution >= 4 is 40.6 Å². The molecule has 1 aliphatic heterocycles. The van der Waals surface area contributed by atoms with Crippen molar-refractivity contribution in [2.24, 2.45) is 5.10 Å². The zero-order chi connectivity index (χ0) is 18.2. The third kappa shape index (κ3) is 5.85. The second-order valence-corrected chi connectivity index (χ2v) is 6.49. The zero-order valence-electron chi connectivity index (χ0n) is 13.8. The van der Waals surface area contributed by atoms with Gasteiger partial charge in [0.2, 0.25) is 0 Å². The Balaban J connectivity index is 1.86. The van der Waals surface area contributed by atoms with Gasteiger partial charge in [0.1, 0.15) is 0 Å². The molecule has 0 bridgehead atoms. The van der Waals surface area contributed by atoms with Crippen LogP contribution in [0.1, 0.15) is 25.3 Å². The molecule has 0 aromatic heterocycles. The summed E-state index contributed by atoms with van der Waals surface area (Å²) in [4.78, 5) is 23.4. The zero-order valence-corrected chi connectivity index (χ0v) is 15.9. The number of nitrogens with one attached hydrogen (secondary N) is 2. The van der Waals surface area contributed by atoms with Crippen LogP contribution in [0.15, 0.2) is 17.2 Å². The summed E-state index contributed by atoms with van der Waals surface area (Å²) in [5, 5.41) is 16.1. The molecule has 25 heavy (non-hydrogen) atoms. The number of hydrogen-bond acceptors (Lipinski definition) is 6. The van der Waals surface area contributed by atoms with Gasteiger partial charge in [0.15, 0.2) is 11.5 Å². The summed E-state index contributed by atoms with van der Waals surface area (Å²) in [6.07, 6.45) is 3.18. The van der Waals surface area contributed by atoms with E-state index >= 15 is 0 Å². The average molecular weight is 461 g/mol. The standard InChI is InChI=1S/C16H20IN3O5/c1-2-24-13-7-10(6-12(17)14(13)21)8-19-20-16(23)15(22)18-9-11-4-3-5-25-11/h6-8,11,21H,2-5,9H2,1H3,(H,18,22)(H,20,23)/b19-8-/t11-/m1/s1. The lowest BCUT2D eigenvalue weighted by Crippen LogP contribution is -2.41. The van der Waals surface area contributed by atoms with Gasteiger partial charge in [0.25, 0.3) is 0 Å². The Morgan fingerprint density at radius 2 is 2.28 bits per heavy atom. The van der Waals surface area contributed by atoms with Crippen LogP contribution in [-0.4, -0.2) is 49.0 Å². The van der Waals surface area contributed by atoms with Crippen molar-refractivity contribution in [3.63, 3.8) is 0 Å². The van der Waals surface area contributed by atoms with Crippen LogP contribution < -0.4 is 15.5 Å². The van der Waals surface area contributed by atoms with Gasteiger partial charge < -0.3 is 19.9 Å². The average Bonchev–Trinajstić information content (AvgIpc) is 3.10. The molecule has 0 aliphatic carbocycles. The van der Waals surface area contributed by atoms with Gasteiger partial charge in [-0.15, -0.1) is 0 Å². The summed E-state index contributed by atoms with van der Waals surface area (Å²) in [6.45, 7) is 3.21. The molecule has 1 aliphatic rings. The highest BCUT2D eigenvalue weighted by Gasteiger charge is 2.19. The van der Waals surface area contributed by atoms with E-state index in [4.69, 9.17) is 9.47 Å². The highest BCUT2D eigenvalue weighted by atomic mass is 127. The minimum absolute atomic E-state index is 0.0312. The molecule has 9 heteroatoms. The molecule has 1 saturated heterocycles. The maximum Gasteiger partial charge on any atom is 0.329 e. The van der Waals surface area contributed by atoms with Gasteiger partial charge in [-0.05, 0) is 60.1 Å². The van der Waals surface area contributed by atoms with Crippen molar-refractivity contribution < 1.29 is 24.2 Å². The number of amides is 2. The number of halogens is 1. The molecule has 1 aromatic carbocycles. The van der Waals surface area contributed by atoms with E-state index < -0.39 is 11.8 Å². The van der Waals surface area contributed by atoms with Crippen molar-refractivity contribution in [2.45, 2.75) is 25.9 Å². The number of carbonyl (C=O) groups is 2. The second-order valence-electron chi connectivity index (χ2n) is 5.33. The molecule has 2 amide bonds. The monoisotopic (exact) mass is 461 g/mol. The van der Waals surface area contributed by atoms with Crippen molar-refractivity contribution in [3.8, 4) is 11.5 Å². The minimum Gasteiger partial charge on any atom is -0.504 e. The summed E-state index contributed by atoms with van der Waals surface area (Å²) in [7, 11) is 0. The molecule has 1 aromatic rings. The van der Waals surface area contributed by atoms with E-state index in [0.717, 1.165) is 12.8 Å². The number of hydrazone groups is 1. The first-order valence-corrected chi connectivity index (χ1v) is 8.97. The maximum absolute atomic E-state index is 11.7. The van der Waals surface area contributed by atoms with E-state index in [1.54, 1.807) is 12.1 Å². The van der Waals surface area contributed by atoms with E-state index in [9.17, 15) is 14.7 Å². The van der Waals surface area contributed by atoms with Crippen molar-refractivity contribution in [2.75, 3.05) is 19.8 Å². The summed E-state index contributed by atoms with van der Waals surface area (Å²) < 4.78 is 11.3. The third-order valence-electron chi connectivity index (χ3n) is 3.45. The van der Waals surface area contributed by atoms with Crippen LogP contribution in [0.4, 0.5) is 0 Å². The lowest BCUT2D eigenvalue weighted by Gasteiger charge is -2.09. The predicted octanol–water partition coefficient (Wildman–Crippen LogP) is 1.14.